The highest BCUT2D eigenvalue weighted by molar-refractivity contribution is 6.02. The van der Waals surface area contributed by atoms with E-state index >= 15 is 0 Å². The van der Waals surface area contributed by atoms with Crippen molar-refractivity contribution in [2.45, 2.75) is 65.8 Å². The molecule has 0 radical (unpaired) electrons. The van der Waals surface area contributed by atoms with Crippen molar-refractivity contribution in [3.05, 3.63) is 118 Å². The van der Waals surface area contributed by atoms with Crippen molar-refractivity contribution in [3.8, 4) is 46.0 Å². The highest BCUT2D eigenvalue weighted by Crippen LogP contribution is 2.35. The van der Waals surface area contributed by atoms with Crippen LogP contribution in [0.15, 0.2) is 73.1 Å². The molecule has 1 unspecified atom stereocenters. The standard InChI is InChI=1S/2C22H19FN6O2.2CH4/c2*1-22(31)6-8-28(12-22)18-5-7-29(27-18)17-9-15(26-16-11-25-21(30)20(16)17)19-13(10-24)3-2-4-14(19)23;;/h2*2-5,7,9,31H,6,8,11-12H2,1H3,(H,25,30);2*1H4/t22-;;;/m1.../s1/i1D3,8D2,12D2;8D2,12D2;;. The summed E-state index contributed by atoms with van der Waals surface area (Å²) < 4.78 is 121. The Balaban J connectivity index is 0.000000214. The zero-order valence-corrected chi connectivity index (χ0v) is 32.2. The molecule has 2 aromatic carbocycles. The lowest BCUT2D eigenvalue weighted by molar-refractivity contribution is 0.0833. The number of pyridine rings is 2. The molecule has 0 spiro atoms. The Labute approximate surface area is 383 Å². The van der Waals surface area contributed by atoms with Gasteiger partial charge in [-0.3, -0.25) is 9.59 Å². The van der Waals surface area contributed by atoms with Crippen molar-refractivity contribution in [3.63, 3.8) is 0 Å². The van der Waals surface area contributed by atoms with E-state index in [0.717, 1.165) is 15.6 Å². The summed E-state index contributed by atoms with van der Waals surface area (Å²) in [6.07, 6.45) is 1.15. The number of hydrogen-bond acceptors (Lipinski definition) is 12. The van der Waals surface area contributed by atoms with E-state index in [-0.39, 0.29) is 101 Å². The number of aliphatic hydroxyl groups is 2. The maximum absolute atomic E-state index is 14.8. The summed E-state index contributed by atoms with van der Waals surface area (Å²) in [5, 5.41) is 54.0. The average molecular weight is 880 g/mol. The molecule has 6 aromatic rings. The van der Waals surface area contributed by atoms with Crippen LogP contribution in [0.4, 0.5) is 20.4 Å². The second-order valence-electron chi connectivity index (χ2n) is 14.5. The first-order chi connectivity index (χ1) is 34.0. The molecule has 2 atom stereocenters. The van der Waals surface area contributed by atoms with Crippen LogP contribution in [0.2, 0.25) is 0 Å². The number of anilines is 2. The third-order valence-electron chi connectivity index (χ3n) is 10.0. The molecule has 18 heteroatoms. The highest BCUT2D eigenvalue weighted by atomic mass is 19.1. The minimum absolute atomic E-state index is 0. The maximum Gasteiger partial charge on any atom is 0.255 e. The Hall–Kier alpha value is -7.54. The number of carbonyl (C=O) groups excluding carboxylic acids is 2. The summed E-state index contributed by atoms with van der Waals surface area (Å²) in [6.45, 7) is -12.4. The number of benzene rings is 2. The first-order valence-electron chi connectivity index (χ1n) is 24.2. The molecule has 8 heterocycles. The van der Waals surface area contributed by atoms with Gasteiger partial charge in [-0.1, -0.05) is 27.0 Å². The Bertz CT molecular complexity index is 3410. The predicted octanol–water partition coefficient (Wildman–Crippen LogP) is 5.57. The van der Waals surface area contributed by atoms with Crippen LogP contribution in [-0.4, -0.2) is 88.7 Å². The van der Waals surface area contributed by atoms with Crippen molar-refractivity contribution in [2.75, 3.05) is 35.8 Å². The smallest absolute Gasteiger partial charge is 0.255 e. The van der Waals surface area contributed by atoms with E-state index in [0.29, 0.717) is 10.6 Å². The van der Waals surface area contributed by atoms with Crippen LogP contribution in [0.3, 0.4) is 0 Å². The summed E-state index contributed by atoms with van der Waals surface area (Å²) >= 11 is 0. The van der Waals surface area contributed by atoms with Crippen molar-refractivity contribution in [1.29, 1.82) is 10.5 Å². The van der Waals surface area contributed by atoms with Gasteiger partial charge in [0.2, 0.25) is 0 Å². The third-order valence-corrected chi connectivity index (χ3v) is 10.0. The largest absolute Gasteiger partial charge is 0.388 e. The Morgan fingerprint density at radius 3 is 1.56 bits per heavy atom. The molecular formula is C46H46F2N12O4. The SMILES string of the molecule is C.C.[2H]C1([2H])CC(C)(O)C([2H])([2H])N1c1ccn(-c2cc(-c3c(F)cccc3C#N)nc3c2C(=O)NC3)n1.[2H]C1([2H])C[C@](O)(C([2H])([2H])[2H])C([2H])([2H])N1c1ccn(-c2cc(-c3c(F)cccc3C#N)nc3c2C(=O)NC3)n1. The molecule has 0 bridgehead atoms. The van der Waals surface area contributed by atoms with Crippen molar-refractivity contribution < 1.29 is 43.7 Å². The summed E-state index contributed by atoms with van der Waals surface area (Å²) in [7, 11) is 0. The fourth-order valence-corrected chi connectivity index (χ4v) is 7.22. The lowest BCUT2D eigenvalue weighted by Crippen LogP contribution is -2.29. The minimum atomic E-state index is -3.25. The van der Waals surface area contributed by atoms with Gasteiger partial charge in [0, 0.05) is 60.1 Å². The normalized spacial score (nSPS) is 25.2. The first-order valence-corrected chi connectivity index (χ1v) is 18.7. The van der Waals surface area contributed by atoms with Gasteiger partial charge in [0.25, 0.3) is 11.8 Å². The average Bonchev–Trinajstić information content (AvgIpc) is 4.15. The van der Waals surface area contributed by atoms with Crippen LogP contribution in [-0.2, 0) is 13.1 Å². The van der Waals surface area contributed by atoms with Gasteiger partial charge < -0.3 is 30.6 Å². The van der Waals surface area contributed by atoms with Gasteiger partial charge in [-0.15, -0.1) is 0 Å². The number of halogens is 2. The van der Waals surface area contributed by atoms with Gasteiger partial charge in [0.15, 0.2) is 11.6 Å². The lowest BCUT2D eigenvalue weighted by atomic mass is 10.0. The number of nitrogens with one attached hydrogen (secondary N) is 2. The Morgan fingerprint density at radius 2 is 1.16 bits per heavy atom. The second kappa shape index (κ2) is 17.0. The molecular weight excluding hydrogens is 823 g/mol. The fraction of sp³-hybridized carbons (Fsp3) is 0.304. The van der Waals surface area contributed by atoms with Gasteiger partial charge in [-0.2, -0.15) is 20.7 Å². The lowest BCUT2D eigenvalue weighted by Gasteiger charge is -2.18. The number of nitrogens with zero attached hydrogens (tertiary/aromatic N) is 10. The zero-order chi connectivity index (χ0) is 53.2. The summed E-state index contributed by atoms with van der Waals surface area (Å²) in [5.41, 5.74) is -3.83. The number of amides is 2. The number of hydrogen-bond donors (Lipinski definition) is 4. The number of nitriles is 2. The summed E-state index contributed by atoms with van der Waals surface area (Å²) in [5.74, 6) is -2.79. The van der Waals surface area contributed by atoms with E-state index in [4.69, 9.17) is 15.1 Å². The van der Waals surface area contributed by atoms with E-state index in [9.17, 15) is 39.1 Å². The quantitative estimate of drug-likeness (QED) is 0.162. The molecule has 4 aliphatic heterocycles. The molecule has 64 heavy (non-hydrogen) atoms. The van der Waals surface area contributed by atoms with Crippen LogP contribution in [0.1, 0.15) is 99.8 Å². The summed E-state index contributed by atoms with van der Waals surface area (Å²) in [4.78, 5) is 35.2. The van der Waals surface area contributed by atoms with Crippen LogP contribution >= 0.6 is 0 Å². The van der Waals surface area contributed by atoms with E-state index in [1.54, 1.807) is 0 Å². The van der Waals surface area contributed by atoms with Gasteiger partial charge >= 0.3 is 0 Å². The zero-order valence-electron chi connectivity index (χ0n) is 43.2. The van der Waals surface area contributed by atoms with Crippen molar-refractivity contribution in [2.24, 2.45) is 0 Å². The van der Waals surface area contributed by atoms with Gasteiger partial charge in [0.05, 0.1) is 109 Å². The number of rotatable bonds is 6. The summed E-state index contributed by atoms with van der Waals surface area (Å²) in [6, 6.07) is 17.1. The number of aromatic nitrogens is 6. The van der Waals surface area contributed by atoms with Crippen molar-refractivity contribution >= 4 is 23.5 Å². The van der Waals surface area contributed by atoms with Crippen LogP contribution in [0, 0.1) is 34.3 Å². The van der Waals surface area contributed by atoms with E-state index in [1.807, 2.05) is 12.1 Å². The molecule has 2 saturated heterocycles. The van der Waals surface area contributed by atoms with Crippen molar-refractivity contribution in [1.82, 2.24) is 40.2 Å². The minimum Gasteiger partial charge on any atom is -0.388 e. The molecule has 2 amide bonds. The molecule has 328 valence electrons. The molecule has 0 aliphatic carbocycles. The molecule has 16 nitrogen and oxygen atoms in total. The van der Waals surface area contributed by atoms with Crippen LogP contribution in [0.25, 0.3) is 33.9 Å². The second-order valence-corrected chi connectivity index (χ2v) is 14.5. The van der Waals surface area contributed by atoms with E-state index < -0.39 is 80.3 Å². The van der Waals surface area contributed by atoms with E-state index in [2.05, 4.69) is 30.8 Å². The molecule has 2 fully saturated rings. The van der Waals surface area contributed by atoms with Crippen LogP contribution in [0.5, 0.6) is 0 Å². The first kappa shape index (κ1) is 32.2. The molecule has 4 N–H and O–H groups in total. The maximum atomic E-state index is 14.8. The van der Waals surface area contributed by atoms with Crippen LogP contribution < -0.4 is 20.4 Å². The van der Waals surface area contributed by atoms with Gasteiger partial charge in [-0.05, 0) is 63.0 Å². The number of β-amino-alcohol motifs (C(OH)–C–C–N with tert-alkyl or cyclic N) is 2. The highest BCUT2D eigenvalue weighted by Gasteiger charge is 2.35. The Kier molecular flexibility index (Phi) is 8.53. The topological polar surface area (TPSA) is 214 Å². The number of fused-ring (bicyclic) bond motifs is 2. The molecule has 0 saturated carbocycles. The molecule has 10 rings (SSSR count). The van der Waals surface area contributed by atoms with Gasteiger partial charge in [0.1, 0.15) is 11.6 Å². The monoisotopic (exact) mass is 879 g/mol. The predicted molar refractivity (Wildman–Crippen MR) is 234 cm³/mol. The fourth-order valence-electron chi connectivity index (χ4n) is 7.22. The Morgan fingerprint density at radius 1 is 0.719 bits per heavy atom. The molecule has 4 aromatic heterocycles. The molecule has 4 aliphatic rings. The van der Waals surface area contributed by atoms with Gasteiger partial charge in [-0.25, -0.2) is 28.1 Å². The number of carbonyl (C=O) groups is 2. The third kappa shape index (κ3) is 8.12. The van der Waals surface area contributed by atoms with E-state index in [1.165, 1.54) is 78.6 Å².